The molecule has 8 atom stereocenters. The molecule has 0 saturated heterocycles. The largest absolute Gasteiger partial charge is 0.472 e. The van der Waals surface area contributed by atoms with Crippen LogP contribution >= 0.6 is 15.6 Å². The van der Waals surface area contributed by atoms with E-state index in [1.807, 2.05) is 6.92 Å². The van der Waals surface area contributed by atoms with Crippen LogP contribution in [0.1, 0.15) is 90.9 Å². The first-order valence-corrected chi connectivity index (χ1v) is 17.6. The van der Waals surface area contributed by atoms with Crippen LogP contribution in [-0.4, -0.2) is 103 Å². The van der Waals surface area contributed by atoms with Crippen molar-refractivity contribution in [2.24, 2.45) is 0 Å². The van der Waals surface area contributed by atoms with Crippen molar-refractivity contribution in [2.75, 3.05) is 13.2 Å². The van der Waals surface area contributed by atoms with Crippen molar-refractivity contribution in [3.8, 4) is 0 Å². The molecule has 0 heterocycles. The van der Waals surface area contributed by atoms with E-state index in [1.165, 1.54) is 0 Å². The number of carbonyl (C=O) groups is 2. The lowest BCUT2D eigenvalue weighted by molar-refractivity contribution is -0.216. The standard InChI is InChI=1S/C25H48O16P2/c1-3-5-7-9-11-13-18(26)37-15-17(39-19(27)14-12-10-8-6-4-2)16-38-43(35,36)41-25-22(30)20(28)24(21(29)23(25)31)40-42(32,33)34/h17,20-25,28-31H,3-16H2,1-2H3,(H,35,36)(H2,32,33,34)/t17-,20-,21+,22+,23+,24?,25?/m0/s1. The number of phosphoric acid groups is 2. The molecule has 18 heteroatoms. The fourth-order valence-corrected chi connectivity index (χ4v) is 5.85. The van der Waals surface area contributed by atoms with Crippen molar-refractivity contribution in [3.63, 3.8) is 0 Å². The lowest BCUT2D eigenvalue weighted by atomic mass is 9.85. The molecule has 1 fully saturated rings. The van der Waals surface area contributed by atoms with Crippen LogP contribution in [-0.2, 0) is 41.8 Å². The van der Waals surface area contributed by atoms with Crippen LogP contribution in [0.4, 0.5) is 0 Å². The number of hydrogen-bond acceptors (Lipinski definition) is 13. The molecule has 0 aromatic rings. The molecule has 1 aliphatic rings. The molecule has 0 amide bonds. The van der Waals surface area contributed by atoms with E-state index in [9.17, 15) is 44.0 Å². The summed E-state index contributed by atoms with van der Waals surface area (Å²) in [6.45, 7) is 2.80. The minimum absolute atomic E-state index is 0.0486. The summed E-state index contributed by atoms with van der Waals surface area (Å²) in [5, 5.41) is 40.8. The van der Waals surface area contributed by atoms with Crippen LogP contribution in [0, 0.1) is 0 Å². The Bertz CT molecular complexity index is 898. The first-order valence-electron chi connectivity index (χ1n) is 14.6. The molecule has 1 rings (SSSR count). The van der Waals surface area contributed by atoms with Crippen molar-refractivity contribution < 1.29 is 76.9 Å². The van der Waals surface area contributed by atoms with E-state index in [0.717, 1.165) is 51.4 Å². The monoisotopic (exact) mass is 666 g/mol. The highest BCUT2D eigenvalue weighted by molar-refractivity contribution is 7.47. The second-order valence-corrected chi connectivity index (χ2v) is 13.1. The number of unbranched alkanes of at least 4 members (excludes halogenated alkanes) is 8. The summed E-state index contributed by atoms with van der Waals surface area (Å²) in [4.78, 5) is 52.6. The number of carbonyl (C=O) groups excluding carboxylic acids is 2. The molecule has 0 spiro atoms. The number of rotatable bonds is 22. The van der Waals surface area contributed by atoms with Crippen LogP contribution in [0.5, 0.6) is 0 Å². The van der Waals surface area contributed by atoms with Gasteiger partial charge in [0.2, 0.25) is 0 Å². The van der Waals surface area contributed by atoms with E-state index in [0.29, 0.717) is 12.8 Å². The molecule has 1 aliphatic carbocycles. The molecule has 7 N–H and O–H groups in total. The van der Waals surface area contributed by atoms with E-state index in [-0.39, 0.29) is 12.8 Å². The summed E-state index contributed by atoms with van der Waals surface area (Å²) < 4.78 is 48.0. The van der Waals surface area contributed by atoms with Crippen molar-refractivity contribution in [1.29, 1.82) is 0 Å². The molecule has 0 bridgehead atoms. The molecular weight excluding hydrogens is 618 g/mol. The van der Waals surface area contributed by atoms with Crippen molar-refractivity contribution >= 4 is 27.6 Å². The third kappa shape index (κ3) is 16.2. The van der Waals surface area contributed by atoms with Gasteiger partial charge < -0.3 is 44.6 Å². The molecule has 0 aromatic carbocycles. The van der Waals surface area contributed by atoms with E-state index >= 15 is 0 Å². The summed E-state index contributed by atoms with van der Waals surface area (Å²) in [7, 11) is -10.5. The summed E-state index contributed by atoms with van der Waals surface area (Å²) in [5.74, 6) is -1.22. The van der Waals surface area contributed by atoms with E-state index in [4.69, 9.17) is 28.3 Å². The molecule has 1 saturated carbocycles. The average Bonchev–Trinajstić information content (AvgIpc) is 2.93. The zero-order chi connectivity index (χ0) is 32.6. The van der Waals surface area contributed by atoms with Gasteiger partial charge in [-0.1, -0.05) is 65.2 Å². The number of esters is 2. The van der Waals surface area contributed by atoms with Gasteiger partial charge in [-0.25, -0.2) is 9.13 Å². The highest BCUT2D eigenvalue weighted by Gasteiger charge is 2.54. The van der Waals surface area contributed by atoms with Crippen LogP contribution in [0.15, 0.2) is 0 Å². The fraction of sp³-hybridized carbons (Fsp3) is 0.920. The minimum Gasteiger partial charge on any atom is -0.462 e. The summed E-state index contributed by atoms with van der Waals surface area (Å²) in [5.41, 5.74) is 0. The number of aliphatic hydroxyl groups is 4. The Balaban J connectivity index is 2.80. The predicted molar refractivity (Wildman–Crippen MR) is 149 cm³/mol. The third-order valence-corrected chi connectivity index (χ3v) is 8.18. The number of phosphoric ester groups is 2. The van der Waals surface area contributed by atoms with Crippen LogP contribution < -0.4 is 0 Å². The van der Waals surface area contributed by atoms with Gasteiger partial charge in [0, 0.05) is 12.8 Å². The molecule has 43 heavy (non-hydrogen) atoms. The fourth-order valence-electron chi connectivity index (χ4n) is 4.32. The topological polar surface area (TPSA) is 256 Å². The maximum Gasteiger partial charge on any atom is 0.472 e. The van der Waals surface area contributed by atoms with Crippen LogP contribution in [0.2, 0.25) is 0 Å². The maximum absolute atomic E-state index is 12.6. The zero-order valence-electron chi connectivity index (χ0n) is 24.6. The lowest BCUT2D eigenvalue weighted by Gasteiger charge is -2.43. The van der Waals surface area contributed by atoms with Crippen LogP contribution in [0.25, 0.3) is 0 Å². The zero-order valence-corrected chi connectivity index (χ0v) is 26.4. The van der Waals surface area contributed by atoms with Gasteiger partial charge in [-0.3, -0.25) is 23.2 Å². The minimum atomic E-state index is -5.28. The van der Waals surface area contributed by atoms with Crippen molar-refractivity contribution in [2.45, 2.75) is 134 Å². The highest BCUT2D eigenvalue weighted by Crippen LogP contribution is 2.48. The SMILES string of the molecule is CCCCCCCC(=O)OC[C@@H](COP(=O)(O)OC1[C@H](O)[C@H](O)C(OP(=O)(O)O)[C@H](O)[C@H]1O)OC(=O)CCCCCCC. The van der Waals surface area contributed by atoms with Gasteiger partial charge >= 0.3 is 27.6 Å². The molecule has 3 unspecified atom stereocenters. The molecule has 254 valence electrons. The Morgan fingerprint density at radius 2 is 1.09 bits per heavy atom. The predicted octanol–water partition coefficient (Wildman–Crippen LogP) is 1.60. The molecule has 0 radical (unpaired) electrons. The van der Waals surface area contributed by atoms with E-state index in [2.05, 4.69) is 11.4 Å². The summed E-state index contributed by atoms with van der Waals surface area (Å²) in [6.07, 6.45) is -5.75. The van der Waals surface area contributed by atoms with E-state index in [1.54, 1.807) is 0 Å². The van der Waals surface area contributed by atoms with Crippen molar-refractivity contribution in [1.82, 2.24) is 0 Å². The lowest BCUT2D eigenvalue weighted by Crippen LogP contribution is -2.64. The molecular formula is C25H48O16P2. The van der Waals surface area contributed by atoms with Gasteiger partial charge in [0.1, 0.15) is 43.2 Å². The normalized spacial score (nSPS) is 26.4. The quantitative estimate of drug-likeness (QED) is 0.0492. The average molecular weight is 667 g/mol. The third-order valence-electron chi connectivity index (χ3n) is 6.68. The Kier molecular flexibility index (Phi) is 18.8. The van der Waals surface area contributed by atoms with Gasteiger partial charge in [0.05, 0.1) is 6.61 Å². The molecule has 0 aliphatic heterocycles. The van der Waals surface area contributed by atoms with E-state index < -0.39 is 83.5 Å². The summed E-state index contributed by atoms with van der Waals surface area (Å²) in [6, 6.07) is 0. The maximum atomic E-state index is 12.6. The molecule has 16 nitrogen and oxygen atoms in total. The summed E-state index contributed by atoms with van der Waals surface area (Å²) >= 11 is 0. The van der Waals surface area contributed by atoms with Gasteiger partial charge in [0.25, 0.3) is 0 Å². The Hall–Kier alpha value is -1.00. The van der Waals surface area contributed by atoms with Gasteiger partial charge in [-0.05, 0) is 12.8 Å². The second-order valence-electron chi connectivity index (χ2n) is 10.5. The smallest absolute Gasteiger partial charge is 0.462 e. The highest BCUT2D eigenvalue weighted by atomic mass is 31.2. The van der Waals surface area contributed by atoms with Gasteiger partial charge in [-0.15, -0.1) is 0 Å². The molecule has 0 aromatic heterocycles. The first-order chi connectivity index (χ1) is 20.1. The number of hydrogen-bond donors (Lipinski definition) is 7. The second kappa shape index (κ2) is 20.2. The van der Waals surface area contributed by atoms with Crippen LogP contribution in [0.3, 0.4) is 0 Å². The van der Waals surface area contributed by atoms with Gasteiger partial charge in [0.15, 0.2) is 6.10 Å². The first kappa shape index (κ1) is 40.0. The Labute approximate surface area is 251 Å². The van der Waals surface area contributed by atoms with Crippen molar-refractivity contribution in [3.05, 3.63) is 0 Å². The Morgan fingerprint density at radius 3 is 1.56 bits per heavy atom. The number of ether oxygens (including phenoxy) is 2. The van der Waals surface area contributed by atoms with Gasteiger partial charge in [-0.2, -0.15) is 0 Å². The Morgan fingerprint density at radius 1 is 0.651 bits per heavy atom. The number of aliphatic hydroxyl groups excluding tert-OH is 4.